The zero-order valence-electron chi connectivity index (χ0n) is 13.6. The number of fused-ring (bicyclic) bond motifs is 1. The average Bonchev–Trinajstić information content (AvgIpc) is 2.94. The lowest BCUT2D eigenvalue weighted by atomic mass is 10.2. The monoisotopic (exact) mass is 393 g/mol. The zero-order valence-corrected chi connectivity index (χ0v) is 15.2. The van der Waals surface area contributed by atoms with Gasteiger partial charge in [0, 0.05) is 38.5 Å². The molecule has 4 nitrogen and oxygen atoms in total. The second-order valence-corrected chi connectivity index (χ2v) is 7.04. The first-order chi connectivity index (χ1) is 11.3. The summed E-state index contributed by atoms with van der Waals surface area (Å²) in [5.74, 6) is 0.0687. The molecular weight excluding hydrogens is 375 g/mol. The molecule has 1 amide bonds. The number of carbonyl (C=O) groups excluding carboxylic acids is 1. The van der Waals surface area contributed by atoms with Crippen molar-refractivity contribution in [2.75, 3.05) is 19.6 Å². The summed E-state index contributed by atoms with van der Waals surface area (Å²) < 4.78 is 38.9. The van der Waals surface area contributed by atoms with Crippen LogP contribution in [0.3, 0.4) is 0 Å². The van der Waals surface area contributed by atoms with Crippen molar-refractivity contribution in [2.24, 2.45) is 0 Å². The summed E-state index contributed by atoms with van der Waals surface area (Å²) in [7, 11) is 0. The van der Waals surface area contributed by atoms with Crippen LogP contribution in [0.15, 0.2) is 18.2 Å². The molecule has 3 rings (SSSR count). The topological polar surface area (TPSA) is 45.2 Å². The molecular formula is C16H19ClF3N3OS. The van der Waals surface area contributed by atoms with Gasteiger partial charge in [-0.05, 0) is 25.1 Å². The van der Waals surface area contributed by atoms with Gasteiger partial charge < -0.3 is 10.2 Å². The van der Waals surface area contributed by atoms with Gasteiger partial charge in [-0.15, -0.1) is 23.7 Å². The Morgan fingerprint density at radius 2 is 2.20 bits per heavy atom. The summed E-state index contributed by atoms with van der Waals surface area (Å²) in [6.07, 6.45) is -3.58. The van der Waals surface area contributed by atoms with E-state index < -0.39 is 11.7 Å². The smallest absolute Gasteiger partial charge is 0.337 e. The third kappa shape index (κ3) is 4.62. The first kappa shape index (κ1) is 19.9. The van der Waals surface area contributed by atoms with Gasteiger partial charge in [-0.25, -0.2) is 4.98 Å². The van der Waals surface area contributed by atoms with Crippen LogP contribution in [0.25, 0.3) is 10.2 Å². The molecule has 138 valence electrons. The number of piperazine rings is 1. The molecule has 0 bridgehead atoms. The number of carbonyl (C=O) groups is 1. The number of hydrogen-bond donors (Lipinski definition) is 1. The van der Waals surface area contributed by atoms with Gasteiger partial charge in [-0.2, -0.15) is 13.2 Å². The van der Waals surface area contributed by atoms with Crippen molar-refractivity contribution in [3.63, 3.8) is 0 Å². The number of thiazole rings is 1. The second kappa shape index (κ2) is 7.88. The third-order valence-corrected chi connectivity index (χ3v) is 5.23. The van der Waals surface area contributed by atoms with Crippen LogP contribution in [0.1, 0.15) is 23.9 Å². The number of rotatable bonds is 3. The Labute approximate surface area is 153 Å². The molecule has 0 aliphatic carbocycles. The first-order valence-electron chi connectivity index (χ1n) is 7.81. The zero-order chi connectivity index (χ0) is 17.3. The highest BCUT2D eigenvalue weighted by molar-refractivity contribution is 7.18. The molecule has 0 radical (unpaired) electrons. The van der Waals surface area contributed by atoms with Crippen LogP contribution >= 0.6 is 23.7 Å². The van der Waals surface area contributed by atoms with E-state index in [0.717, 1.165) is 25.2 Å². The van der Waals surface area contributed by atoms with Crippen molar-refractivity contribution in [1.29, 1.82) is 0 Å². The minimum atomic E-state index is -4.37. The highest BCUT2D eigenvalue weighted by atomic mass is 35.5. The van der Waals surface area contributed by atoms with Crippen molar-refractivity contribution in [2.45, 2.75) is 32.0 Å². The van der Waals surface area contributed by atoms with Crippen LogP contribution in [0, 0.1) is 0 Å². The van der Waals surface area contributed by atoms with E-state index in [1.165, 1.54) is 17.4 Å². The number of aromatic nitrogens is 1. The molecule has 0 spiro atoms. The maximum absolute atomic E-state index is 12.7. The van der Waals surface area contributed by atoms with Gasteiger partial charge in [0.05, 0.1) is 20.8 Å². The van der Waals surface area contributed by atoms with Crippen LogP contribution in [-0.2, 0) is 17.4 Å². The highest BCUT2D eigenvalue weighted by Gasteiger charge is 2.30. The van der Waals surface area contributed by atoms with E-state index in [1.54, 1.807) is 0 Å². The second-order valence-electron chi connectivity index (χ2n) is 5.93. The Morgan fingerprint density at radius 1 is 1.44 bits per heavy atom. The molecule has 1 fully saturated rings. The molecule has 0 unspecified atom stereocenters. The predicted octanol–water partition coefficient (Wildman–Crippen LogP) is 3.49. The number of hydrogen-bond acceptors (Lipinski definition) is 4. The first-order valence-corrected chi connectivity index (χ1v) is 8.63. The fourth-order valence-electron chi connectivity index (χ4n) is 2.83. The van der Waals surface area contributed by atoms with Crippen LogP contribution in [0.2, 0.25) is 0 Å². The molecule has 2 aromatic rings. The van der Waals surface area contributed by atoms with E-state index in [-0.39, 0.29) is 24.4 Å². The van der Waals surface area contributed by atoms with E-state index >= 15 is 0 Å². The van der Waals surface area contributed by atoms with Gasteiger partial charge in [-0.3, -0.25) is 4.79 Å². The summed E-state index contributed by atoms with van der Waals surface area (Å²) in [6.45, 7) is 4.26. The Morgan fingerprint density at radius 3 is 2.88 bits per heavy atom. The summed E-state index contributed by atoms with van der Waals surface area (Å²) in [6, 6.07) is 3.74. The number of aryl methyl sites for hydroxylation is 1. The van der Waals surface area contributed by atoms with Crippen molar-refractivity contribution in [3.05, 3.63) is 28.8 Å². The quantitative estimate of drug-likeness (QED) is 0.868. The lowest BCUT2D eigenvalue weighted by Gasteiger charge is -2.34. The van der Waals surface area contributed by atoms with Gasteiger partial charge in [0.15, 0.2) is 0 Å². The predicted molar refractivity (Wildman–Crippen MR) is 94.2 cm³/mol. The molecule has 2 heterocycles. The van der Waals surface area contributed by atoms with Gasteiger partial charge in [0.2, 0.25) is 5.91 Å². The molecule has 1 aromatic carbocycles. The van der Waals surface area contributed by atoms with Crippen molar-refractivity contribution >= 4 is 39.9 Å². The summed E-state index contributed by atoms with van der Waals surface area (Å²) in [4.78, 5) is 18.4. The summed E-state index contributed by atoms with van der Waals surface area (Å²) >= 11 is 1.34. The van der Waals surface area contributed by atoms with Crippen LogP contribution in [0.5, 0.6) is 0 Å². The molecule has 9 heteroatoms. The minimum Gasteiger partial charge on any atom is -0.337 e. The number of alkyl halides is 3. The highest BCUT2D eigenvalue weighted by Crippen LogP contribution is 2.33. The summed E-state index contributed by atoms with van der Waals surface area (Å²) in [5, 5.41) is 3.93. The molecule has 1 N–H and O–H groups in total. The van der Waals surface area contributed by atoms with Crippen LogP contribution < -0.4 is 5.32 Å². The van der Waals surface area contributed by atoms with E-state index in [4.69, 9.17) is 0 Å². The maximum atomic E-state index is 12.7. The maximum Gasteiger partial charge on any atom is 0.416 e. The number of nitrogens with zero attached hydrogens (tertiary/aromatic N) is 2. The van der Waals surface area contributed by atoms with E-state index in [9.17, 15) is 18.0 Å². The number of benzene rings is 1. The van der Waals surface area contributed by atoms with Crippen LogP contribution in [-0.4, -0.2) is 41.5 Å². The van der Waals surface area contributed by atoms with E-state index in [0.29, 0.717) is 34.6 Å². The number of nitrogens with one attached hydrogen (secondary N) is 1. The van der Waals surface area contributed by atoms with Gasteiger partial charge in [0.1, 0.15) is 0 Å². The largest absolute Gasteiger partial charge is 0.416 e. The Balaban J connectivity index is 0.00000225. The lowest BCUT2D eigenvalue weighted by molar-refractivity contribution is -0.137. The van der Waals surface area contributed by atoms with Crippen LogP contribution in [0.4, 0.5) is 13.2 Å². The molecule has 1 aliphatic heterocycles. The fraction of sp³-hybridized carbons (Fsp3) is 0.500. The number of halogens is 4. The lowest BCUT2D eigenvalue weighted by Crippen LogP contribution is -2.52. The summed E-state index contributed by atoms with van der Waals surface area (Å²) in [5.41, 5.74) is -0.356. The van der Waals surface area contributed by atoms with E-state index in [1.807, 2.05) is 11.8 Å². The molecule has 1 aliphatic rings. The third-order valence-electron chi connectivity index (χ3n) is 4.13. The van der Waals surface area contributed by atoms with Crippen molar-refractivity contribution in [3.8, 4) is 0 Å². The SMILES string of the molecule is C[C@H]1CNCCN1C(=O)CCc1nc2cc(C(F)(F)F)ccc2s1.Cl. The van der Waals surface area contributed by atoms with Crippen molar-refractivity contribution < 1.29 is 18.0 Å². The Kier molecular flexibility index (Phi) is 6.29. The standard InChI is InChI=1S/C16H18F3N3OS.ClH/c1-10-9-20-6-7-22(10)15(23)5-4-14-21-12-8-11(16(17,18)19)2-3-13(12)24-14;/h2-3,8,10,20H,4-7,9H2,1H3;1H/t10-;/m0./s1. The van der Waals surface area contributed by atoms with Gasteiger partial charge in [0.25, 0.3) is 0 Å². The fourth-order valence-corrected chi connectivity index (χ4v) is 3.77. The number of amides is 1. The van der Waals surface area contributed by atoms with Gasteiger partial charge in [-0.1, -0.05) is 0 Å². The molecule has 1 aromatic heterocycles. The molecule has 1 atom stereocenters. The molecule has 1 saturated heterocycles. The normalized spacial score (nSPS) is 18.2. The molecule has 25 heavy (non-hydrogen) atoms. The molecule has 0 saturated carbocycles. The van der Waals surface area contributed by atoms with Crippen molar-refractivity contribution in [1.82, 2.24) is 15.2 Å². The van der Waals surface area contributed by atoms with E-state index in [2.05, 4.69) is 10.3 Å². The van der Waals surface area contributed by atoms with Gasteiger partial charge >= 0.3 is 6.18 Å². The Bertz CT molecular complexity index is 750. The minimum absolute atomic E-state index is 0. The average molecular weight is 394 g/mol. The Hall–Kier alpha value is -1.38.